The maximum atomic E-state index is 10.1. The van der Waals surface area contributed by atoms with Crippen LogP contribution in [0.5, 0.6) is 5.75 Å². The second-order valence-corrected chi connectivity index (χ2v) is 3.49. The Morgan fingerprint density at radius 3 is 2.24 bits per heavy atom. The van der Waals surface area contributed by atoms with Gasteiger partial charge in [0, 0.05) is 11.4 Å². The third-order valence-electron chi connectivity index (χ3n) is 2.23. The minimum Gasteiger partial charge on any atom is -0.486 e. The Hall–Kier alpha value is -2.29. The molecule has 0 spiro atoms. The van der Waals surface area contributed by atoms with E-state index in [0.29, 0.717) is 5.75 Å². The van der Waals surface area contributed by atoms with Crippen molar-refractivity contribution in [2.75, 3.05) is 11.9 Å². The summed E-state index contributed by atoms with van der Waals surface area (Å²) in [5, 5.41) is 3.26. The zero-order chi connectivity index (χ0) is 11.9. The van der Waals surface area contributed by atoms with Gasteiger partial charge in [0.1, 0.15) is 12.4 Å². The first-order valence-corrected chi connectivity index (χ1v) is 5.37. The van der Waals surface area contributed by atoms with E-state index in [9.17, 15) is 4.79 Å². The average Bonchev–Trinajstić information content (AvgIpc) is 2.39. The van der Waals surface area contributed by atoms with E-state index in [0.717, 1.165) is 17.7 Å². The molecule has 17 heavy (non-hydrogen) atoms. The molecule has 2 aromatic carbocycles. The number of para-hydroxylation sites is 1. The van der Waals surface area contributed by atoms with Crippen LogP contribution in [0.4, 0.5) is 11.4 Å². The predicted molar refractivity (Wildman–Crippen MR) is 67.7 cm³/mol. The van der Waals surface area contributed by atoms with Gasteiger partial charge in [0.2, 0.25) is 0 Å². The van der Waals surface area contributed by atoms with E-state index in [4.69, 9.17) is 4.74 Å². The minimum absolute atomic E-state index is 0.0888. The summed E-state index contributed by atoms with van der Waals surface area (Å²) >= 11 is 0. The van der Waals surface area contributed by atoms with Gasteiger partial charge in [0.25, 0.3) is 0 Å². The maximum absolute atomic E-state index is 10.1. The number of rotatable bonds is 5. The Morgan fingerprint density at radius 2 is 1.59 bits per heavy atom. The number of benzene rings is 2. The van der Waals surface area contributed by atoms with E-state index in [1.165, 1.54) is 0 Å². The normalized spacial score (nSPS) is 9.65. The quantitative estimate of drug-likeness (QED) is 0.798. The van der Waals surface area contributed by atoms with Crippen molar-refractivity contribution in [2.45, 2.75) is 0 Å². The summed E-state index contributed by atoms with van der Waals surface area (Å²) in [5.41, 5.74) is 2.02. The maximum Gasteiger partial charge on any atom is 0.157 e. The van der Waals surface area contributed by atoms with Crippen molar-refractivity contribution >= 4 is 17.7 Å². The monoisotopic (exact) mass is 227 g/mol. The molecule has 2 rings (SSSR count). The van der Waals surface area contributed by atoms with Crippen molar-refractivity contribution < 1.29 is 9.53 Å². The molecule has 2 aromatic rings. The second-order valence-electron chi connectivity index (χ2n) is 3.49. The Labute approximate surface area is 100 Å². The van der Waals surface area contributed by atoms with E-state index < -0.39 is 0 Å². The zero-order valence-electron chi connectivity index (χ0n) is 9.30. The van der Waals surface area contributed by atoms with Gasteiger partial charge >= 0.3 is 0 Å². The third-order valence-corrected chi connectivity index (χ3v) is 2.23. The standard InChI is InChI=1S/C14H13NO2/c16-10-11-17-14-8-6-13(7-9-14)15-12-4-2-1-3-5-12/h1-10,15H,11H2. The molecule has 0 aliphatic rings. The molecule has 0 fully saturated rings. The van der Waals surface area contributed by atoms with Crippen LogP contribution in [-0.4, -0.2) is 12.9 Å². The van der Waals surface area contributed by atoms with Crippen molar-refractivity contribution in [3.05, 3.63) is 54.6 Å². The highest BCUT2D eigenvalue weighted by Crippen LogP contribution is 2.19. The van der Waals surface area contributed by atoms with Gasteiger partial charge in [-0.3, -0.25) is 4.79 Å². The summed E-state index contributed by atoms with van der Waals surface area (Å²) in [6.45, 7) is 0.0888. The predicted octanol–water partition coefficient (Wildman–Crippen LogP) is 3.01. The summed E-state index contributed by atoms with van der Waals surface area (Å²) in [6, 6.07) is 17.4. The van der Waals surface area contributed by atoms with E-state index >= 15 is 0 Å². The minimum atomic E-state index is 0.0888. The summed E-state index contributed by atoms with van der Waals surface area (Å²) < 4.78 is 5.16. The van der Waals surface area contributed by atoms with Gasteiger partial charge in [-0.05, 0) is 36.4 Å². The summed E-state index contributed by atoms with van der Waals surface area (Å²) in [4.78, 5) is 10.1. The van der Waals surface area contributed by atoms with Crippen LogP contribution in [-0.2, 0) is 4.79 Å². The van der Waals surface area contributed by atoms with Crippen molar-refractivity contribution in [1.82, 2.24) is 0 Å². The zero-order valence-corrected chi connectivity index (χ0v) is 9.30. The molecule has 3 heteroatoms. The second kappa shape index (κ2) is 5.70. The molecule has 0 bridgehead atoms. The topological polar surface area (TPSA) is 38.3 Å². The molecule has 0 atom stereocenters. The van der Waals surface area contributed by atoms with Crippen molar-refractivity contribution in [2.24, 2.45) is 0 Å². The third kappa shape index (κ3) is 3.34. The first-order valence-electron chi connectivity index (χ1n) is 5.37. The number of nitrogens with one attached hydrogen (secondary N) is 1. The van der Waals surface area contributed by atoms with Crippen LogP contribution in [0, 0.1) is 0 Å². The van der Waals surface area contributed by atoms with E-state index in [1.807, 2.05) is 54.6 Å². The van der Waals surface area contributed by atoms with Crippen molar-refractivity contribution in [3.8, 4) is 5.75 Å². The number of hydrogen-bond donors (Lipinski definition) is 1. The van der Waals surface area contributed by atoms with Gasteiger partial charge in [-0.15, -0.1) is 0 Å². The number of aldehydes is 1. The molecule has 0 amide bonds. The van der Waals surface area contributed by atoms with E-state index in [2.05, 4.69) is 5.32 Å². The molecule has 0 aromatic heterocycles. The molecule has 1 N–H and O–H groups in total. The van der Waals surface area contributed by atoms with Crippen LogP contribution in [0.3, 0.4) is 0 Å². The molecular weight excluding hydrogens is 214 g/mol. The van der Waals surface area contributed by atoms with Gasteiger partial charge in [-0.25, -0.2) is 0 Å². The van der Waals surface area contributed by atoms with Gasteiger partial charge < -0.3 is 10.1 Å². The highest BCUT2D eigenvalue weighted by molar-refractivity contribution is 5.60. The number of hydrogen-bond acceptors (Lipinski definition) is 3. The molecule has 0 saturated carbocycles. The Bertz CT molecular complexity index is 465. The number of carbonyl (C=O) groups excluding carboxylic acids is 1. The highest BCUT2D eigenvalue weighted by Gasteiger charge is 1.95. The molecule has 86 valence electrons. The van der Waals surface area contributed by atoms with Crippen LogP contribution < -0.4 is 10.1 Å². The molecule has 3 nitrogen and oxygen atoms in total. The number of ether oxygens (including phenoxy) is 1. The fourth-order valence-corrected chi connectivity index (χ4v) is 1.45. The molecule has 0 radical (unpaired) electrons. The summed E-state index contributed by atoms with van der Waals surface area (Å²) in [6.07, 6.45) is 0.732. The molecule has 0 saturated heterocycles. The Kier molecular flexibility index (Phi) is 3.76. The van der Waals surface area contributed by atoms with Crippen molar-refractivity contribution in [1.29, 1.82) is 0 Å². The van der Waals surface area contributed by atoms with Gasteiger partial charge in [0.05, 0.1) is 0 Å². The Morgan fingerprint density at radius 1 is 0.941 bits per heavy atom. The molecule has 0 unspecified atom stereocenters. The average molecular weight is 227 g/mol. The SMILES string of the molecule is O=CCOc1ccc(Nc2ccccc2)cc1. The first kappa shape index (κ1) is 11.2. The summed E-state index contributed by atoms with van der Waals surface area (Å²) in [7, 11) is 0. The van der Waals surface area contributed by atoms with E-state index in [1.54, 1.807) is 0 Å². The van der Waals surface area contributed by atoms with Crippen LogP contribution >= 0.6 is 0 Å². The lowest BCUT2D eigenvalue weighted by Gasteiger charge is -2.07. The van der Waals surface area contributed by atoms with Gasteiger partial charge in [-0.2, -0.15) is 0 Å². The Balaban J connectivity index is 2.01. The van der Waals surface area contributed by atoms with E-state index in [-0.39, 0.29) is 6.61 Å². The van der Waals surface area contributed by atoms with Crippen molar-refractivity contribution in [3.63, 3.8) is 0 Å². The lowest BCUT2D eigenvalue weighted by Crippen LogP contribution is -1.97. The highest BCUT2D eigenvalue weighted by atomic mass is 16.5. The fourth-order valence-electron chi connectivity index (χ4n) is 1.45. The van der Waals surface area contributed by atoms with Gasteiger partial charge in [-0.1, -0.05) is 18.2 Å². The lowest BCUT2D eigenvalue weighted by atomic mass is 10.2. The molecule has 0 aliphatic heterocycles. The van der Waals surface area contributed by atoms with Crippen LogP contribution in [0.2, 0.25) is 0 Å². The smallest absolute Gasteiger partial charge is 0.157 e. The molecule has 0 heterocycles. The largest absolute Gasteiger partial charge is 0.486 e. The lowest BCUT2D eigenvalue weighted by molar-refractivity contribution is -0.109. The molecular formula is C14H13NO2. The van der Waals surface area contributed by atoms with Gasteiger partial charge in [0.15, 0.2) is 6.29 Å². The number of carbonyl (C=O) groups is 1. The van der Waals surface area contributed by atoms with Crippen LogP contribution in [0.1, 0.15) is 0 Å². The fraction of sp³-hybridized carbons (Fsp3) is 0.0714. The van der Waals surface area contributed by atoms with Crippen LogP contribution in [0.25, 0.3) is 0 Å². The summed E-state index contributed by atoms with van der Waals surface area (Å²) in [5.74, 6) is 0.690. The first-order chi connectivity index (χ1) is 8.38. The van der Waals surface area contributed by atoms with Crippen LogP contribution in [0.15, 0.2) is 54.6 Å². The number of anilines is 2. The molecule has 0 aliphatic carbocycles.